The molecule has 0 aliphatic carbocycles. The summed E-state index contributed by atoms with van der Waals surface area (Å²) in [6, 6.07) is 8.69. The molecular formula is C11H12FNO2. The molecule has 1 amide bonds. The first-order chi connectivity index (χ1) is 7.18. The second-order valence-corrected chi connectivity index (χ2v) is 3.66. The van der Waals surface area contributed by atoms with Gasteiger partial charge in [-0.05, 0) is 12.1 Å². The highest BCUT2D eigenvalue weighted by Gasteiger charge is 2.34. The highest BCUT2D eigenvalue weighted by atomic mass is 19.1. The van der Waals surface area contributed by atoms with Crippen molar-refractivity contribution in [2.24, 2.45) is 0 Å². The quantitative estimate of drug-likeness (QED) is 0.744. The van der Waals surface area contributed by atoms with Crippen LogP contribution in [0.3, 0.4) is 0 Å². The summed E-state index contributed by atoms with van der Waals surface area (Å²) in [7, 11) is 0. The Balaban J connectivity index is 2.10. The number of carbonyl (C=O) groups excluding carboxylic acids is 1. The SMILES string of the molecule is O=C(c1ccccc1)N1CC(O)C(F)C1. The average Bonchev–Trinajstić information content (AvgIpc) is 2.59. The summed E-state index contributed by atoms with van der Waals surface area (Å²) < 4.78 is 13.0. The molecule has 0 aromatic heterocycles. The van der Waals surface area contributed by atoms with Gasteiger partial charge in [-0.15, -0.1) is 0 Å². The Morgan fingerprint density at radius 3 is 2.53 bits per heavy atom. The molecule has 3 nitrogen and oxygen atoms in total. The number of β-amino-alcohol motifs (C(OH)–C–C–N with tert-alkyl or cyclic N) is 1. The van der Waals surface area contributed by atoms with Crippen molar-refractivity contribution in [1.29, 1.82) is 0 Å². The molecule has 0 radical (unpaired) electrons. The lowest BCUT2D eigenvalue weighted by Gasteiger charge is -2.14. The third kappa shape index (κ3) is 1.99. The molecule has 1 heterocycles. The fourth-order valence-corrected chi connectivity index (χ4v) is 1.68. The largest absolute Gasteiger partial charge is 0.388 e. The second-order valence-electron chi connectivity index (χ2n) is 3.66. The van der Waals surface area contributed by atoms with Crippen LogP contribution in [0.4, 0.5) is 4.39 Å². The second kappa shape index (κ2) is 3.98. The van der Waals surface area contributed by atoms with E-state index in [1.807, 2.05) is 6.07 Å². The Labute approximate surface area is 87.1 Å². The number of hydrogen-bond donors (Lipinski definition) is 1. The molecule has 0 bridgehead atoms. The third-order valence-corrected chi connectivity index (χ3v) is 2.53. The molecule has 15 heavy (non-hydrogen) atoms. The Bertz CT molecular complexity index is 345. The van der Waals surface area contributed by atoms with Gasteiger partial charge in [-0.2, -0.15) is 0 Å². The van der Waals surface area contributed by atoms with E-state index >= 15 is 0 Å². The molecule has 1 saturated heterocycles. The Morgan fingerprint density at radius 2 is 2.00 bits per heavy atom. The Morgan fingerprint density at radius 1 is 1.33 bits per heavy atom. The first-order valence-corrected chi connectivity index (χ1v) is 4.85. The summed E-state index contributed by atoms with van der Waals surface area (Å²) in [5.41, 5.74) is 0.527. The molecule has 1 aliphatic heterocycles. The maximum atomic E-state index is 13.0. The van der Waals surface area contributed by atoms with Crippen molar-refractivity contribution in [3.05, 3.63) is 35.9 Å². The number of carbonyl (C=O) groups is 1. The van der Waals surface area contributed by atoms with E-state index in [2.05, 4.69) is 0 Å². The standard InChI is InChI=1S/C11H12FNO2/c12-9-6-13(7-10(9)14)11(15)8-4-2-1-3-5-8/h1-5,9-10,14H,6-7H2. The Kier molecular flexibility index (Phi) is 2.68. The minimum absolute atomic E-state index is 0.0190. The summed E-state index contributed by atoms with van der Waals surface area (Å²) in [4.78, 5) is 13.1. The molecule has 1 aliphatic rings. The predicted molar refractivity (Wildman–Crippen MR) is 53.2 cm³/mol. The van der Waals surface area contributed by atoms with Crippen LogP contribution in [0.2, 0.25) is 0 Å². The van der Waals surface area contributed by atoms with Crippen LogP contribution < -0.4 is 0 Å². The van der Waals surface area contributed by atoms with Crippen LogP contribution in [-0.4, -0.2) is 41.3 Å². The zero-order valence-corrected chi connectivity index (χ0v) is 8.14. The maximum absolute atomic E-state index is 13.0. The number of alkyl halides is 1. The molecule has 1 fully saturated rings. The lowest BCUT2D eigenvalue weighted by atomic mass is 10.2. The zero-order chi connectivity index (χ0) is 10.8. The number of likely N-dealkylation sites (tertiary alicyclic amines) is 1. The number of benzene rings is 1. The van der Waals surface area contributed by atoms with Crippen molar-refractivity contribution in [3.63, 3.8) is 0 Å². The lowest BCUT2D eigenvalue weighted by molar-refractivity contribution is 0.0764. The van der Waals surface area contributed by atoms with E-state index in [-0.39, 0.29) is 19.0 Å². The topological polar surface area (TPSA) is 40.5 Å². The van der Waals surface area contributed by atoms with Crippen molar-refractivity contribution in [1.82, 2.24) is 4.90 Å². The number of hydrogen-bond acceptors (Lipinski definition) is 2. The summed E-state index contributed by atoms with van der Waals surface area (Å²) in [6.45, 7) is 0.0593. The fraction of sp³-hybridized carbons (Fsp3) is 0.364. The maximum Gasteiger partial charge on any atom is 0.254 e. The van der Waals surface area contributed by atoms with Crippen molar-refractivity contribution < 1.29 is 14.3 Å². The first-order valence-electron chi connectivity index (χ1n) is 4.85. The van der Waals surface area contributed by atoms with Crippen molar-refractivity contribution >= 4 is 5.91 Å². The van der Waals surface area contributed by atoms with Gasteiger partial charge in [0.1, 0.15) is 12.3 Å². The monoisotopic (exact) mass is 209 g/mol. The van der Waals surface area contributed by atoms with Crippen LogP contribution in [0.5, 0.6) is 0 Å². The number of nitrogens with zero attached hydrogens (tertiary/aromatic N) is 1. The number of rotatable bonds is 1. The molecule has 4 heteroatoms. The minimum Gasteiger partial charge on any atom is -0.388 e. The summed E-state index contributed by atoms with van der Waals surface area (Å²) in [6.07, 6.45) is -2.37. The minimum atomic E-state index is -1.32. The molecule has 1 aromatic rings. The van der Waals surface area contributed by atoms with E-state index in [9.17, 15) is 14.3 Å². The van der Waals surface area contributed by atoms with E-state index in [0.717, 1.165) is 0 Å². The van der Waals surface area contributed by atoms with Gasteiger partial charge in [0.15, 0.2) is 0 Å². The van der Waals surface area contributed by atoms with E-state index in [1.165, 1.54) is 4.90 Å². The molecule has 1 aromatic carbocycles. The number of halogens is 1. The van der Waals surface area contributed by atoms with Crippen molar-refractivity contribution in [3.8, 4) is 0 Å². The van der Waals surface area contributed by atoms with Crippen LogP contribution in [0.1, 0.15) is 10.4 Å². The van der Waals surface area contributed by atoms with Gasteiger partial charge in [0.2, 0.25) is 0 Å². The average molecular weight is 209 g/mol. The highest BCUT2D eigenvalue weighted by Crippen LogP contribution is 2.16. The first kappa shape index (κ1) is 10.1. The molecule has 1 N–H and O–H groups in total. The smallest absolute Gasteiger partial charge is 0.254 e. The highest BCUT2D eigenvalue weighted by molar-refractivity contribution is 5.94. The molecule has 2 atom stereocenters. The van der Waals surface area contributed by atoms with E-state index in [4.69, 9.17) is 0 Å². The number of aliphatic hydroxyl groups excluding tert-OH is 1. The summed E-state index contributed by atoms with van der Waals surface area (Å²) in [5, 5.41) is 9.20. The van der Waals surface area contributed by atoms with Gasteiger partial charge in [-0.1, -0.05) is 18.2 Å². The van der Waals surface area contributed by atoms with Crippen molar-refractivity contribution in [2.75, 3.05) is 13.1 Å². The van der Waals surface area contributed by atoms with Gasteiger partial charge in [-0.25, -0.2) is 4.39 Å². The molecule has 0 saturated carbocycles. The zero-order valence-electron chi connectivity index (χ0n) is 8.14. The normalized spacial score (nSPS) is 25.6. The van der Waals surface area contributed by atoms with Crippen LogP contribution in [-0.2, 0) is 0 Å². The molecule has 2 unspecified atom stereocenters. The van der Waals surface area contributed by atoms with E-state index in [0.29, 0.717) is 5.56 Å². The van der Waals surface area contributed by atoms with Crippen LogP contribution in [0.15, 0.2) is 30.3 Å². The lowest BCUT2D eigenvalue weighted by Crippen LogP contribution is -2.29. The van der Waals surface area contributed by atoms with Gasteiger partial charge in [0.05, 0.1) is 6.54 Å². The molecule has 0 spiro atoms. The fourth-order valence-electron chi connectivity index (χ4n) is 1.68. The third-order valence-electron chi connectivity index (χ3n) is 2.53. The van der Waals surface area contributed by atoms with Crippen LogP contribution in [0.25, 0.3) is 0 Å². The van der Waals surface area contributed by atoms with Gasteiger partial charge < -0.3 is 10.0 Å². The Hall–Kier alpha value is -1.42. The molecule has 2 rings (SSSR count). The van der Waals surface area contributed by atoms with Gasteiger partial charge in [0, 0.05) is 12.1 Å². The van der Waals surface area contributed by atoms with Gasteiger partial charge in [-0.3, -0.25) is 4.79 Å². The van der Waals surface area contributed by atoms with Gasteiger partial charge in [0.25, 0.3) is 5.91 Å². The van der Waals surface area contributed by atoms with Crippen LogP contribution in [0, 0.1) is 0 Å². The van der Waals surface area contributed by atoms with Crippen molar-refractivity contribution in [2.45, 2.75) is 12.3 Å². The van der Waals surface area contributed by atoms with E-state index in [1.54, 1.807) is 24.3 Å². The number of amides is 1. The summed E-state index contributed by atoms with van der Waals surface area (Å²) in [5.74, 6) is -0.227. The number of aliphatic hydroxyl groups is 1. The molecular weight excluding hydrogens is 197 g/mol. The van der Waals surface area contributed by atoms with Crippen LogP contribution >= 0.6 is 0 Å². The predicted octanol–water partition coefficient (Wildman–Crippen LogP) is 0.841. The van der Waals surface area contributed by atoms with E-state index < -0.39 is 12.3 Å². The summed E-state index contributed by atoms with van der Waals surface area (Å²) >= 11 is 0. The molecule has 80 valence electrons. The van der Waals surface area contributed by atoms with Gasteiger partial charge >= 0.3 is 0 Å².